The van der Waals surface area contributed by atoms with Crippen LogP contribution in [-0.2, 0) is 11.2 Å². The van der Waals surface area contributed by atoms with E-state index in [4.69, 9.17) is 4.74 Å². The van der Waals surface area contributed by atoms with Crippen LogP contribution in [0.1, 0.15) is 18.4 Å². The maximum absolute atomic E-state index is 12.6. The summed E-state index contributed by atoms with van der Waals surface area (Å²) in [7, 11) is 0. The zero-order valence-electron chi connectivity index (χ0n) is 16.1. The highest BCUT2D eigenvalue weighted by atomic mass is 127. The van der Waals surface area contributed by atoms with Gasteiger partial charge in [-0.1, -0.05) is 42.5 Å². The molecule has 2 aliphatic rings. The van der Waals surface area contributed by atoms with Gasteiger partial charge in [-0.15, -0.1) is 0 Å². The second-order valence-electron chi connectivity index (χ2n) is 7.46. The van der Waals surface area contributed by atoms with Gasteiger partial charge in [0.2, 0.25) is 0 Å². The lowest BCUT2D eigenvalue weighted by Crippen LogP contribution is -2.51. The zero-order chi connectivity index (χ0) is 20.2. The lowest BCUT2D eigenvalue weighted by atomic mass is 9.99. The van der Waals surface area contributed by atoms with Crippen molar-refractivity contribution in [1.29, 1.82) is 0 Å². The van der Waals surface area contributed by atoms with Crippen molar-refractivity contribution in [2.75, 3.05) is 25.0 Å². The Morgan fingerprint density at radius 2 is 1.76 bits per heavy atom. The van der Waals surface area contributed by atoms with Gasteiger partial charge in [0.05, 0.1) is 11.7 Å². The zero-order valence-corrected chi connectivity index (χ0v) is 18.2. The number of hydrogen-bond acceptors (Lipinski definition) is 3. The number of carbonyl (C=O) groups excluding carboxylic acids is 2. The maximum atomic E-state index is 12.6. The average molecular weight is 505 g/mol. The van der Waals surface area contributed by atoms with Crippen LogP contribution in [0.5, 0.6) is 0 Å². The molecular formula is C22H24IN3O3. The smallest absolute Gasteiger partial charge is 0.410 e. The van der Waals surface area contributed by atoms with Crippen molar-refractivity contribution in [3.63, 3.8) is 0 Å². The summed E-state index contributed by atoms with van der Waals surface area (Å²) >= 11 is 2.22. The van der Waals surface area contributed by atoms with E-state index >= 15 is 0 Å². The molecule has 2 aromatic carbocycles. The molecule has 1 unspecified atom stereocenters. The molecule has 4 rings (SSSR count). The summed E-state index contributed by atoms with van der Waals surface area (Å²) in [5.41, 5.74) is 2.03. The molecule has 0 spiro atoms. The van der Waals surface area contributed by atoms with Crippen LogP contribution >= 0.6 is 22.6 Å². The second kappa shape index (κ2) is 9.02. The molecule has 0 radical (unpaired) electrons. The van der Waals surface area contributed by atoms with E-state index in [1.54, 1.807) is 0 Å². The average Bonchev–Trinajstić information content (AvgIpc) is 3.10. The molecule has 2 aliphatic heterocycles. The molecule has 29 heavy (non-hydrogen) atoms. The molecule has 6 nitrogen and oxygen atoms in total. The predicted octanol–water partition coefficient (Wildman–Crippen LogP) is 4.35. The van der Waals surface area contributed by atoms with Gasteiger partial charge in [0.25, 0.3) is 0 Å². The van der Waals surface area contributed by atoms with E-state index in [0.717, 1.165) is 28.5 Å². The first-order valence-electron chi connectivity index (χ1n) is 9.91. The first-order chi connectivity index (χ1) is 14.1. The number of hydrogen-bond donors (Lipinski definition) is 1. The lowest BCUT2D eigenvalue weighted by Gasteiger charge is -2.37. The first-order valence-corrected chi connectivity index (χ1v) is 11.0. The van der Waals surface area contributed by atoms with Gasteiger partial charge < -0.3 is 15.0 Å². The summed E-state index contributed by atoms with van der Waals surface area (Å²) < 4.78 is 6.37. The van der Waals surface area contributed by atoms with Gasteiger partial charge in [0.15, 0.2) is 0 Å². The van der Waals surface area contributed by atoms with Crippen molar-refractivity contribution < 1.29 is 14.3 Å². The molecule has 2 aromatic rings. The van der Waals surface area contributed by atoms with Crippen molar-refractivity contribution in [2.45, 2.75) is 31.3 Å². The Morgan fingerprint density at radius 1 is 1.07 bits per heavy atom. The van der Waals surface area contributed by atoms with Gasteiger partial charge in [-0.05, 0) is 59.5 Å². The summed E-state index contributed by atoms with van der Waals surface area (Å²) in [5.74, 6) is 0. The van der Waals surface area contributed by atoms with Crippen molar-refractivity contribution in [1.82, 2.24) is 9.80 Å². The molecule has 0 aliphatic carbocycles. The number of likely N-dealkylation sites (tertiary alicyclic amines) is 1. The van der Waals surface area contributed by atoms with Crippen molar-refractivity contribution in [2.24, 2.45) is 0 Å². The van der Waals surface area contributed by atoms with Crippen molar-refractivity contribution in [3.8, 4) is 0 Å². The van der Waals surface area contributed by atoms with Crippen LogP contribution in [0.4, 0.5) is 15.3 Å². The van der Waals surface area contributed by atoms with Crippen LogP contribution in [0.3, 0.4) is 0 Å². The number of nitrogens with zero attached hydrogens (tertiary/aromatic N) is 2. The standard InChI is InChI=1S/C22H24IN3O3/c23-19-8-4-5-9-20(19)24-21(27)25-12-10-17(11-13-25)26-18(15-29-22(26)28)14-16-6-2-1-3-7-16/h1-9,17-18H,10-15H2,(H,24,27). The van der Waals surface area contributed by atoms with E-state index in [2.05, 4.69) is 40.0 Å². The van der Waals surface area contributed by atoms with Gasteiger partial charge in [-0.3, -0.25) is 4.90 Å². The molecule has 7 heteroatoms. The quantitative estimate of drug-likeness (QED) is 0.629. The second-order valence-corrected chi connectivity index (χ2v) is 8.62. The minimum atomic E-state index is -0.229. The fourth-order valence-corrected chi connectivity index (χ4v) is 4.59. The molecule has 1 atom stereocenters. The molecule has 0 aromatic heterocycles. The minimum absolute atomic E-state index is 0.0566. The molecular weight excluding hydrogens is 481 g/mol. The Hall–Kier alpha value is -2.29. The van der Waals surface area contributed by atoms with Gasteiger partial charge in [0.1, 0.15) is 6.61 Å². The number of piperidine rings is 1. The van der Waals surface area contributed by atoms with E-state index < -0.39 is 0 Å². The van der Waals surface area contributed by atoms with Crippen LogP contribution in [0, 0.1) is 3.57 Å². The molecule has 2 heterocycles. The van der Waals surface area contributed by atoms with E-state index in [1.165, 1.54) is 5.56 Å². The van der Waals surface area contributed by atoms with Crippen molar-refractivity contribution in [3.05, 3.63) is 63.7 Å². The number of cyclic esters (lactones) is 1. The highest BCUT2D eigenvalue weighted by Crippen LogP contribution is 2.26. The molecule has 0 bridgehead atoms. The Kier molecular flexibility index (Phi) is 6.22. The maximum Gasteiger partial charge on any atom is 0.410 e. The number of urea groups is 1. The van der Waals surface area contributed by atoms with E-state index in [0.29, 0.717) is 19.7 Å². The monoisotopic (exact) mass is 505 g/mol. The molecule has 152 valence electrons. The molecule has 1 N–H and O–H groups in total. The van der Waals surface area contributed by atoms with E-state index in [-0.39, 0.29) is 24.2 Å². The number of benzene rings is 2. The number of amides is 3. The normalized spacial score (nSPS) is 19.9. The Labute approximate surface area is 184 Å². The van der Waals surface area contributed by atoms with Gasteiger partial charge in [0, 0.05) is 22.7 Å². The summed E-state index contributed by atoms with van der Waals surface area (Å²) in [6.45, 7) is 1.68. The highest BCUT2D eigenvalue weighted by Gasteiger charge is 2.39. The van der Waals surface area contributed by atoms with Gasteiger partial charge in [-0.2, -0.15) is 0 Å². The molecule has 0 saturated carbocycles. The summed E-state index contributed by atoms with van der Waals surface area (Å²) in [5, 5.41) is 2.99. The Bertz CT molecular complexity index is 869. The van der Waals surface area contributed by atoms with Crippen LogP contribution < -0.4 is 5.32 Å². The lowest BCUT2D eigenvalue weighted by molar-refractivity contribution is 0.116. The number of nitrogens with one attached hydrogen (secondary N) is 1. The van der Waals surface area contributed by atoms with Crippen LogP contribution in [-0.4, -0.2) is 53.7 Å². The number of ether oxygens (including phenoxy) is 1. The fourth-order valence-electron chi connectivity index (χ4n) is 4.07. The van der Waals surface area contributed by atoms with Gasteiger partial charge in [-0.25, -0.2) is 9.59 Å². The van der Waals surface area contributed by atoms with Crippen LogP contribution in [0.15, 0.2) is 54.6 Å². The van der Waals surface area contributed by atoms with Crippen LogP contribution in [0.25, 0.3) is 0 Å². The minimum Gasteiger partial charge on any atom is -0.447 e. The summed E-state index contributed by atoms with van der Waals surface area (Å²) in [4.78, 5) is 28.7. The molecule has 2 fully saturated rings. The summed E-state index contributed by atoms with van der Waals surface area (Å²) in [6.07, 6.45) is 2.09. The van der Waals surface area contributed by atoms with Crippen molar-refractivity contribution >= 4 is 40.4 Å². The number of carbonyl (C=O) groups is 2. The van der Waals surface area contributed by atoms with E-state index in [1.807, 2.05) is 52.3 Å². The SMILES string of the molecule is O=C(Nc1ccccc1I)N1CCC(N2C(=O)OCC2Cc2ccccc2)CC1. The third-order valence-electron chi connectivity index (χ3n) is 5.58. The number of para-hydroxylation sites is 1. The van der Waals surface area contributed by atoms with E-state index in [9.17, 15) is 9.59 Å². The molecule has 3 amide bonds. The summed E-state index contributed by atoms with van der Waals surface area (Å²) in [6, 6.07) is 18.0. The topological polar surface area (TPSA) is 61.9 Å². The predicted molar refractivity (Wildman–Crippen MR) is 120 cm³/mol. The third kappa shape index (κ3) is 4.66. The molecule has 2 saturated heterocycles. The van der Waals surface area contributed by atoms with Gasteiger partial charge >= 0.3 is 12.1 Å². The third-order valence-corrected chi connectivity index (χ3v) is 6.52. The Morgan fingerprint density at radius 3 is 2.48 bits per heavy atom. The van der Waals surface area contributed by atoms with Crippen LogP contribution in [0.2, 0.25) is 0 Å². The fraction of sp³-hybridized carbons (Fsp3) is 0.364. The number of anilines is 1. The first kappa shape index (κ1) is 20.0. The highest BCUT2D eigenvalue weighted by molar-refractivity contribution is 14.1. The number of rotatable bonds is 4. The largest absolute Gasteiger partial charge is 0.447 e. The number of halogens is 1. The Balaban J connectivity index is 1.35.